The van der Waals surface area contributed by atoms with E-state index in [4.69, 9.17) is 10.5 Å². The summed E-state index contributed by atoms with van der Waals surface area (Å²) in [5.74, 6) is -1.22. The van der Waals surface area contributed by atoms with Crippen LogP contribution in [0.3, 0.4) is 0 Å². The van der Waals surface area contributed by atoms with Crippen molar-refractivity contribution in [2.24, 2.45) is 0 Å². The van der Waals surface area contributed by atoms with Gasteiger partial charge in [-0.3, -0.25) is 9.59 Å². The fraction of sp³-hybridized carbons (Fsp3) is 0.278. The fourth-order valence-electron chi connectivity index (χ4n) is 2.71. The number of nitrogens with one attached hydrogen (secondary N) is 1. The number of H-pyrrole nitrogens is 1. The molecule has 0 aliphatic heterocycles. The number of carbonyl (C=O) groups is 3. The van der Waals surface area contributed by atoms with E-state index >= 15 is 0 Å². The number of carbonyl (C=O) groups excluding carboxylic acids is 3. The molecule has 6 nitrogen and oxygen atoms in total. The lowest BCUT2D eigenvalue weighted by Gasteiger charge is -2.13. The molecule has 3 N–H and O–H groups in total. The Hall–Kier alpha value is -2.41. The first-order valence-corrected chi connectivity index (χ1v) is 8.43. The minimum Gasteiger partial charge on any atom is -0.451 e. The highest BCUT2D eigenvalue weighted by Crippen LogP contribution is 2.22. The summed E-state index contributed by atoms with van der Waals surface area (Å²) in [4.78, 5) is 39.5. The van der Waals surface area contributed by atoms with Crippen molar-refractivity contribution in [3.8, 4) is 0 Å². The van der Waals surface area contributed by atoms with Crippen LogP contribution in [0.5, 0.6) is 0 Å². The number of rotatable bonds is 5. The van der Waals surface area contributed by atoms with Gasteiger partial charge in [0.1, 0.15) is 0 Å². The molecule has 7 heteroatoms. The summed E-state index contributed by atoms with van der Waals surface area (Å²) in [7, 11) is 0. The summed E-state index contributed by atoms with van der Waals surface area (Å²) >= 11 is 3.26. The van der Waals surface area contributed by atoms with Gasteiger partial charge >= 0.3 is 5.97 Å². The summed E-state index contributed by atoms with van der Waals surface area (Å²) in [6, 6.07) is 4.81. The number of nitrogen functional groups attached to an aromatic ring is 1. The van der Waals surface area contributed by atoms with Gasteiger partial charge < -0.3 is 15.5 Å². The zero-order chi connectivity index (χ0) is 18.9. The Morgan fingerprint density at radius 1 is 1.24 bits per heavy atom. The zero-order valence-corrected chi connectivity index (χ0v) is 16.0. The Morgan fingerprint density at radius 3 is 2.44 bits per heavy atom. The first-order valence-electron chi connectivity index (χ1n) is 7.63. The summed E-state index contributed by atoms with van der Waals surface area (Å²) in [5.41, 5.74) is 8.15. The van der Waals surface area contributed by atoms with E-state index in [1.54, 1.807) is 26.0 Å². The number of ketones is 2. The molecule has 0 aliphatic carbocycles. The Kier molecular flexibility index (Phi) is 5.47. The maximum atomic E-state index is 12.6. The normalized spacial score (nSPS) is 11.9. The van der Waals surface area contributed by atoms with Gasteiger partial charge in [-0.15, -0.1) is 0 Å². The molecule has 1 heterocycles. The molecule has 0 radical (unpaired) electrons. The van der Waals surface area contributed by atoms with Gasteiger partial charge in [0.15, 0.2) is 11.9 Å². The van der Waals surface area contributed by atoms with Crippen LogP contribution in [-0.2, 0) is 4.74 Å². The lowest BCUT2D eigenvalue weighted by Crippen LogP contribution is -2.25. The smallest absolute Gasteiger partial charge is 0.340 e. The predicted molar refractivity (Wildman–Crippen MR) is 98.0 cm³/mol. The second-order valence-electron chi connectivity index (χ2n) is 5.82. The number of anilines is 1. The van der Waals surface area contributed by atoms with Gasteiger partial charge in [-0.2, -0.15) is 0 Å². The lowest BCUT2D eigenvalue weighted by atomic mass is 10.0. The highest BCUT2D eigenvalue weighted by atomic mass is 79.9. The minimum absolute atomic E-state index is 0.128. The molecule has 2 aromatic rings. The van der Waals surface area contributed by atoms with Crippen LogP contribution >= 0.6 is 15.9 Å². The summed E-state index contributed by atoms with van der Waals surface area (Å²) in [6.07, 6.45) is -1.03. The van der Waals surface area contributed by atoms with Crippen LogP contribution in [0.2, 0.25) is 0 Å². The molecule has 25 heavy (non-hydrogen) atoms. The molecule has 1 aromatic carbocycles. The number of hydrogen-bond acceptors (Lipinski definition) is 5. The average Bonchev–Trinajstić information content (AvgIpc) is 2.83. The van der Waals surface area contributed by atoms with Crippen molar-refractivity contribution < 1.29 is 19.1 Å². The Labute approximate surface area is 153 Å². The zero-order valence-electron chi connectivity index (χ0n) is 14.4. The van der Waals surface area contributed by atoms with Crippen LogP contribution in [0.25, 0.3) is 0 Å². The number of Topliss-reactive ketones (excluding diaryl/α,β-unsaturated/α-hetero) is 2. The van der Waals surface area contributed by atoms with Crippen LogP contribution in [-0.4, -0.2) is 28.6 Å². The standard InChI is InChI=1S/C18H19BrN2O4/c1-8-15(10(3)22)9(2)21-16(8)17(23)11(4)25-18(24)13-7-12(19)5-6-14(13)20/h5-7,11,21H,20H2,1-4H3/t11-/m1/s1. The van der Waals surface area contributed by atoms with Crippen molar-refractivity contribution in [2.45, 2.75) is 33.8 Å². The molecule has 1 aromatic heterocycles. The van der Waals surface area contributed by atoms with Crippen LogP contribution in [0.15, 0.2) is 22.7 Å². The quantitative estimate of drug-likeness (QED) is 0.448. The average molecular weight is 407 g/mol. The molecule has 2 rings (SSSR count). The van der Waals surface area contributed by atoms with Gasteiger partial charge in [-0.1, -0.05) is 15.9 Å². The van der Waals surface area contributed by atoms with Crippen molar-refractivity contribution in [1.29, 1.82) is 0 Å². The Bertz CT molecular complexity index is 870. The predicted octanol–water partition coefficient (Wildman–Crippen LogP) is 3.61. The molecule has 0 amide bonds. The van der Waals surface area contributed by atoms with E-state index in [1.165, 1.54) is 19.9 Å². The number of ether oxygens (including phenoxy) is 1. The number of aromatic amines is 1. The van der Waals surface area contributed by atoms with Crippen LogP contribution in [0.4, 0.5) is 5.69 Å². The molecule has 0 aliphatic rings. The number of aryl methyl sites for hydroxylation is 1. The molecule has 0 unspecified atom stereocenters. The molecule has 0 bridgehead atoms. The van der Waals surface area contributed by atoms with Gasteiger partial charge in [0.05, 0.1) is 11.3 Å². The molecular weight excluding hydrogens is 388 g/mol. The number of hydrogen-bond donors (Lipinski definition) is 2. The molecule has 132 valence electrons. The third-order valence-electron chi connectivity index (χ3n) is 3.92. The van der Waals surface area contributed by atoms with Gasteiger partial charge in [0, 0.05) is 21.4 Å². The third kappa shape index (κ3) is 3.82. The maximum Gasteiger partial charge on any atom is 0.340 e. The van der Waals surface area contributed by atoms with Crippen molar-refractivity contribution >= 4 is 39.2 Å². The van der Waals surface area contributed by atoms with E-state index in [1.807, 2.05) is 0 Å². The van der Waals surface area contributed by atoms with E-state index < -0.39 is 17.9 Å². The van der Waals surface area contributed by atoms with Crippen LogP contribution in [0, 0.1) is 13.8 Å². The van der Waals surface area contributed by atoms with Gasteiger partial charge in [-0.05, 0) is 51.5 Å². The second kappa shape index (κ2) is 7.23. The second-order valence-corrected chi connectivity index (χ2v) is 6.74. The number of benzene rings is 1. The maximum absolute atomic E-state index is 12.6. The summed E-state index contributed by atoms with van der Waals surface area (Å²) < 4.78 is 5.93. The molecule has 0 saturated heterocycles. The monoisotopic (exact) mass is 406 g/mol. The first-order chi connectivity index (χ1) is 11.6. The molecule has 0 fully saturated rings. The van der Waals surface area contributed by atoms with Gasteiger partial charge in [0.25, 0.3) is 0 Å². The number of esters is 1. The van der Waals surface area contributed by atoms with Crippen molar-refractivity contribution in [1.82, 2.24) is 4.98 Å². The minimum atomic E-state index is -1.03. The number of aromatic nitrogens is 1. The Balaban J connectivity index is 2.24. The molecule has 0 saturated carbocycles. The highest BCUT2D eigenvalue weighted by molar-refractivity contribution is 9.10. The van der Waals surface area contributed by atoms with Gasteiger partial charge in [-0.25, -0.2) is 4.79 Å². The van der Waals surface area contributed by atoms with Crippen molar-refractivity contribution in [2.75, 3.05) is 5.73 Å². The van der Waals surface area contributed by atoms with E-state index in [0.717, 1.165) is 0 Å². The fourth-order valence-corrected chi connectivity index (χ4v) is 3.07. The number of halogens is 1. The van der Waals surface area contributed by atoms with E-state index in [9.17, 15) is 14.4 Å². The topological polar surface area (TPSA) is 102 Å². The third-order valence-corrected chi connectivity index (χ3v) is 4.42. The van der Waals surface area contributed by atoms with Crippen LogP contribution < -0.4 is 5.73 Å². The summed E-state index contributed by atoms with van der Waals surface area (Å²) in [6.45, 7) is 6.34. The van der Waals surface area contributed by atoms with E-state index in [2.05, 4.69) is 20.9 Å². The number of nitrogens with two attached hydrogens (primary N) is 1. The summed E-state index contributed by atoms with van der Waals surface area (Å²) in [5, 5.41) is 0. The Morgan fingerprint density at radius 2 is 1.88 bits per heavy atom. The van der Waals surface area contributed by atoms with Crippen molar-refractivity contribution in [3.63, 3.8) is 0 Å². The lowest BCUT2D eigenvalue weighted by molar-refractivity contribution is 0.0318. The molecule has 1 atom stereocenters. The SMILES string of the molecule is CC(=O)c1c(C)[nH]c(C(=O)[C@@H](C)OC(=O)c2cc(Br)ccc2N)c1C. The van der Waals surface area contributed by atoms with E-state index in [-0.39, 0.29) is 22.7 Å². The largest absolute Gasteiger partial charge is 0.451 e. The molecule has 0 spiro atoms. The van der Waals surface area contributed by atoms with E-state index in [0.29, 0.717) is 21.3 Å². The first kappa shape index (κ1) is 18.9. The van der Waals surface area contributed by atoms with Crippen molar-refractivity contribution in [3.05, 3.63) is 50.8 Å². The highest BCUT2D eigenvalue weighted by Gasteiger charge is 2.26. The van der Waals surface area contributed by atoms with Crippen LogP contribution in [0.1, 0.15) is 56.3 Å². The van der Waals surface area contributed by atoms with Gasteiger partial charge in [0.2, 0.25) is 5.78 Å². The molecular formula is C18H19BrN2O4.